The Bertz CT molecular complexity index is 307. The summed E-state index contributed by atoms with van der Waals surface area (Å²) < 4.78 is 4.97. The molecule has 0 spiro atoms. The summed E-state index contributed by atoms with van der Waals surface area (Å²) in [6, 6.07) is 1.75. The van der Waals surface area contributed by atoms with Crippen LogP contribution >= 0.6 is 0 Å². The van der Waals surface area contributed by atoms with Crippen molar-refractivity contribution in [3.8, 4) is 0 Å². The van der Waals surface area contributed by atoms with Crippen molar-refractivity contribution in [2.75, 3.05) is 7.05 Å². The SMILES string of the molecule is CNC(=O)C(CC(C)C)NCc1ccoc1. The number of amides is 1. The third kappa shape index (κ3) is 4.06. The molecule has 0 aliphatic carbocycles. The Balaban J connectivity index is 2.46. The van der Waals surface area contributed by atoms with E-state index in [1.165, 1.54) is 0 Å². The number of hydrogen-bond donors (Lipinski definition) is 2. The molecule has 1 heterocycles. The highest BCUT2D eigenvalue weighted by atomic mass is 16.3. The number of furan rings is 1. The maximum Gasteiger partial charge on any atom is 0.236 e. The summed E-state index contributed by atoms with van der Waals surface area (Å²) in [6.07, 6.45) is 4.15. The largest absolute Gasteiger partial charge is 0.472 e. The quantitative estimate of drug-likeness (QED) is 0.770. The topological polar surface area (TPSA) is 54.3 Å². The van der Waals surface area contributed by atoms with Gasteiger partial charge in [-0.3, -0.25) is 4.79 Å². The molecule has 16 heavy (non-hydrogen) atoms. The van der Waals surface area contributed by atoms with Gasteiger partial charge in [0.05, 0.1) is 18.6 Å². The normalized spacial score (nSPS) is 12.8. The summed E-state index contributed by atoms with van der Waals surface area (Å²) in [6.45, 7) is 4.87. The van der Waals surface area contributed by atoms with E-state index in [0.717, 1.165) is 12.0 Å². The van der Waals surface area contributed by atoms with Gasteiger partial charge in [-0.1, -0.05) is 13.8 Å². The Morgan fingerprint density at radius 2 is 2.25 bits per heavy atom. The average Bonchev–Trinajstić information content (AvgIpc) is 2.75. The zero-order valence-corrected chi connectivity index (χ0v) is 10.1. The third-order valence-corrected chi connectivity index (χ3v) is 2.40. The lowest BCUT2D eigenvalue weighted by molar-refractivity contribution is -0.123. The molecule has 0 aliphatic heterocycles. The van der Waals surface area contributed by atoms with E-state index in [2.05, 4.69) is 24.5 Å². The molecular weight excluding hydrogens is 204 g/mol. The number of hydrogen-bond acceptors (Lipinski definition) is 3. The van der Waals surface area contributed by atoms with E-state index < -0.39 is 0 Å². The molecule has 4 nitrogen and oxygen atoms in total. The minimum absolute atomic E-state index is 0.0391. The molecule has 1 amide bonds. The first-order chi connectivity index (χ1) is 7.63. The summed E-state index contributed by atoms with van der Waals surface area (Å²) in [5.41, 5.74) is 1.05. The summed E-state index contributed by atoms with van der Waals surface area (Å²) in [7, 11) is 1.66. The standard InChI is InChI=1S/C12H20N2O2/c1-9(2)6-11(12(15)13-3)14-7-10-4-5-16-8-10/h4-5,8-9,11,14H,6-7H2,1-3H3,(H,13,15). The Labute approximate surface area is 96.4 Å². The van der Waals surface area contributed by atoms with Crippen molar-refractivity contribution >= 4 is 5.91 Å². The highest BCUT2D eigenvalue weighted by molar-refractivity contribution is 5.81. The second kappa shape index (κ2) is 6.33. The maximum absolute atomic E-state index is 11.6. The number of likely N-dealkylation sites (N-methyl/N-ethyl adjacent to an activating group) is 1. The van der Waals surface area contributed by atoms with Gasteiger partial charge in [-0.15, -0.1) is 0 Å². The Hall–Kier alpha value is -1.29. The lowest BCUT2D eigenvalue weighted by atomic mass is 10.0. The minimum Gasteiger partial charge on any atom is -0.472 e. The van der Waals surface area contributed by atoms with Crippen molar-refractivity contribution in [3.05, 3.63) is 24.2 Å². The van der Waals surface area contributed by atoms with Gasteiger partial charge in [0, 0.05) is 19.2 Å². The first kappa shape index (κ1) is 12.8. The molecule has 90 valence electrons. The molecule has 1 rings (SSSR count). The molecule has 2 N–H and O–H groups in total. The molecule has 0 aromatic carbocycles. The van der Waals surface area contributed by atoms with Crippen LogP contribution in [0.15, 0.2) is 23.0 Å². The van der Waals surface area contributed by atoms with Crippen molar-refractivity contribution in [1.82, 2.24) is 10.6 Å². The Morgan fingerprint density at radius 3 is 2.75 bits per heavy atom. The fourth-order valence-electron chi connectivity index (χ4n) is 1.56. The Kier molecular flexibility index (Phi) is 5.05. The molecule has 0 aliphatic rings. The van der Waals surface area contributed by atoms with Crippen LogP contribution in [0.3, 0.4) is 0 Å². The fourth-order valence-corrected chi connectivity index (χ4v) is 1.56. The van der Waals surface area contributed by atoms with Crippen LogP contribution in [-0.4, -0.2) is 19.0 Å². The van der Waals surface area contributed by atoms with Gasteiger partial charge in [0.2, 0.25) is 5.91 Å². The second-order valence-corrected chi connectivity index (χ2v) is 4.31. The van der Waals surface area contributed by atoms with Gasteiger partial charge < -0.3 is 15.1 Å². The summed E-state index contributed by atoms with van der Waals surface area (Å²) in [5, 5.41) is 5.91. The van der Waals surface area contributed by atoms with E-state index in [9.17, 15) is 4.79 Å². The van der Waals surface area contributed by atoms with E-state index in [4.69, 9.17) is 4.42 Å². The lowest BCUT2D eigenvalue weighted by Crippen LogP contribution is -2.43. The maximum atomic E-state index is 11.6. The van der Waals surface area contributed by atoms with Crippen LogP contribution in [0.1, 0.15) is 25.8 Å². The predicted molar refractivity (Wildman–Crippen MR) is 62.9 cm³/mol. The number of carbonyl (C=O) groups excluding carboxylic acids is 1. The van der Waals surface area contributed by atoms with Crippen LogP contribution in [0.2, 0.25) is 0 Å². The molecule has 0 radical (unpaired) electrons. The van der Waals surface area contributed by atoms with Crippen LogP contribution in [0.25, 0.3) is 0 Å². The monoisotopic (exact) mass is 224 g/mol. The summed E-state index contributed by atoms with van der Waals surface area (Å²) in [4.78, 5) is 11.6. The van der Waals surface area contributed by atoms with Crippen molar-refractivity contribution in [1.29, 1.82) is 0 Å². The van der Waals surface area contributed by atoms with Gasteiger partial charge in [-0.2, -0.15) is 0 Å². The molecule has 4 heteroatoms. The molecular formula is C12H20N2O2. The van der Waals surface area contributed by atoms with Crippen LogP contribution in [0.5, 0.6) is 0 Å². The van der Waals surface area contributed by atoms with Crippen LogP contribution in [-0.2, 0) is 11.3 Å². The van der Waals surface area contributed by atoms with Crippen LogP contribution in [0.4, 0.5) is 0 Å². The van der Waals surface area contributed by atoms with Crippen molar-refractivity contribution < 1.29 is 9.21 Å². The molecule has 1 aromatic rings. The molecule has 0 saturated heterocycles. The van der Waals surface area contributed by atoms with Crippen LogP contribution in [0, 0.1) is 5.92 Å². The molecule has 0 bridgehead atoms. The van der Waals surface area contributed by atoms with E-state index in [1.54, 1.807) is 19.6 Å². The number of nitrogens with one attached hydrogen (secondary N) is 2. The smallest absolute Gasteiger partial charge is 0.236 e. The Morgan fingerprint density at radius 1 is 1.50 bits per heavy atom. The average molecular weight is 224 g/mol. The summed E-state index contributed by atoms with van der Waals surface area (Å²) >= 11 is 0. The van der Waals surface area contributed by atoms with E-state index >= 15 is 0 Å². The first-order valence-electron chi connectivity index (χ1n) is 5.59. The molecule has 1 atom stereocenters. The second-order valence-electron chi connectivity index (χ2n) is 4.31. The van der Waals surface area contributed by atoms with Gasteiger partial charge in [0.25, 0.3) is 0 Å². The summed E-state index contributed by atoms with van der Waals surface area (Å²) in [5.74, 6) is 0.524. The minimum atomic E-state index is -0.139. The van der Waals surface area contributed by atoms with Gasteiger partial charge in [-0.25, -0.2) is 0 Å². The van der Waals surface area contributed by atoms with E-state index in [-0.39, 0.29) is 11.9 Å². The van der Waals surface area contributed by atoms with Gasteiger partial charge in [0.1, 0.15) is 0 Å². The van der Waals surface area contributed by atoms with Gasteiger partial charge in [-0.05, 0) is 18.4 Å². The highest BCUT2D eigenvalue weighted by Crippen LogP contribution is 2.06. The number of carbonyl (C=O) groups is 1. The van der Waals surface area contributed by atoms with Crippen molar-refractivity contribution in [3.63, 3.8) is 0 Å². The first-order valence-corrected chi connectivity index (χ1v) is 5.59. The van der Waals surface area contributed by atoms with E-state index in [1.807, 2.05) is 6.07 Å². The van der Waals surface area contributed by atoms with Gasteiger partial charge in [0.15, 0.2) is 0 Å². The molecule has 1 unspecified atom stereocenters. The predicted octanol–water partition coefficient (Wildman–Crippen LogP) is 1.53. The van der Waals surface area contributed by atoms with E-state index in [0.29, 0.717) is 12.5 Å². The zero-order chi connectivity index (χ0) is 12.0. The highest BCUT2D eigenvalue weighted by Gasteiger charge is 2.17. The van der Waals surface area contributed by atoms with Crippen molar-refractivity contribution in [2.24, 2.45) is 5.92 Å². The zero-order valence-electron chi connectivity index (χ0n) is 10.1. The molecule has 0 fully saturated rings. The lowest BCUT2D eigenvalue weighted by Gasteiger charge is -2.18. The number of rotatable bonds is 6. The van der Waals surface area contributed by atoms with Gasteiger partial charge >= 0.3 is 0 Å². The fraction of sp³-hybridized carbons (Fsp3) is 0.583. The third-order valence-electron chi connectivity index (χ3n) is 2.40. The molecule has 0 saturated carbocycles. The van der Waals surface area contributed by atoms with Crippen LogP contribution < -0.4 is 10.6 Å². The van der Waals surface area contributed by atoms with Crippen molar-refractivity contribution in [2.45, 2.75) is 32.9 Å². The molecule has 1 aromatic heterocycles.